The van der Waals surface area contributed by atoms with E-state index in [0.717, 1.165) is 19.3 Å². The maximum atomic E-state index is 12.2. The molecule has 0 aliphatic heterocycles. The van der Waals surface area contributed by atoms with E-state index in [1.54, 1.807) is 0 Å². The summed E-state index contributed by atoms with van der Waals surface area (Å²) >= 11 is 0. The predicted molar refractivity (Wildman–Crippen MR) is 91.7 cm³/mol. The van der Waals surface area contributed by atoms with Gasteiger partial charge < -0.3 is 5.32 Å². The highest BCUT2D eigenvalue weighted by molar-refractivity contribution is 5.79. The summed E-state index contributed by atoms with van der Waals surface area (Å²) in [6, 6.07) is 0. The number of Topliss-reactive ketones (excluding diaryl/α,β-unsaturated/α-hetero) is 1. The van der Waals surface area contributed by atoms with Gasteiger partial charge in [0, 0.05) is 18.4 Å². The Bertz CT molecular complexity index is 269. The van der Waals surface area contributed by atoms with E-state index in [-0.39, 0.29) is 5.54 Å². The molecule has 1 fully saturated rings. The standard InChI is InChI=1S/C19H37NO/c1-3-4-5-6-7-8-9-11-14-18(21)17-19(20-2)15-12-10-13-16-19/h20H,3-17H2,1-2H3. The number of hydrogen-bond acceptors (Lipinski definition) is 2. The van der Waals surface area contributed by atoms with Gasteiger partial charge in [-0.2, -0.15) is 0 Å². The van der Waals surface area contributed by atoms with Gasteiger partial charge in [0.25, 0.3) is 0 Å². The van der Waals surface area contributed by atoms with Crippen molar-refractivity contribution >= 4 is 5.78 Å². The number of hydrogen-bond donors (Lipinski definition) is 1. The van der Waals surface area contributed by atoms with Crippen LogP contribution >= 0.6 is 0 Å². The minimum atomic E-state index is 0.134. The third-order valence-corrected chi connectivity index (χ3v) is 5.19. The van der Waals surface area contributed by atoms with Gasteiger partial charge in [0.1, 0.15) is 5.78 Å². The fourth-order valence-corrected chi connectivity index (χ4v) is 3.67. The monoisotopic (exact) mass is 295 g/mol. The van der Waals surface area contributed by atoms with Crippen LogP contribution in [-0.4, -0.2) is 18.4 Å². The highest BCUT2D eigenvalue weighted by Gasteiger charge is 2.31. The molecule has 0 aromatic rings. The van der Waals surface area contributed by atoms with Gasteiger partial charge in [0.2, 0.25) is 0 Å². The normalized spacial score (nSPS) is 17.8. The summed E-state index contributed by atoms with van der Waals surface area (Å²) < 4.78 is 0. The molecule has 0 aromatic heterocycles. The summed E-state index contributed by atoms with van der Waals surface area (Å²) in [5.74, 6) is 0.484. The first-order chi connectivity index (χ1) is 10.2. The van der Waals surface area contributed by atoms with Crippen molar-refractivity contribution in [2.75, 3.05) is 7.05 Å². The SMILES string of the molecule is CCCCCCCCCCC(=O)CC1(NC)CCCCC1. The molecule has 124 valence electrons. The summed E-state index contributed by atoms with van der Waals surface area (Å²) in [7, 11) is 2.04. The van der Waals surface area contributed by atoms with Crippen LogP contribution in [0.4, 0.5) is 0 Å². The van der Waals surface area contributed by atoms with Crippen LogP contribution in [-0.2, 0) is 4.79 Å². The van der Waals surface area contributed by atoms with Crippen molar-refractivity contribution < 1.29 is 4.79 Å². The van der Waals surface area contributed by atoms with Crippen molar-refractivity contribution in [2.24, 2.45) is 0 Å². The summed E-state index contributed by atoms with van der Waals surface area (Å²) in [6.45, 7) is 2.26. The minimum absolute atomic E-state index is 0.134. The predicted octanol–water partition coefficient (Wildman–Crippen LogP) is 5.40. The van der Waals surface area contributed by atoms with Gasteiger partial charge in [0.15, 0.2) is 0 Å². The van der Waals surface area contributed by atoms with Crippen LogP contribution in [0.5, 0.6) is 0 Å². The van der Waals surface area contributed by atoms with E-state index in [4.69, 9.17) is 0 Å². The van der Waals surface area contributed by atoms with E-state index in [0.29, 0.717) is 5.78 Å². The van der Waals surface area contributed by atoms with Crippen LogP contribution in [0.1, 0.15) is 103 Å². The molecule has 1 aliphatic carbocycles. The van der Waals surface area contributed by atoms with Crippen molar-refractivity contribution in [3.63, 3.8) is 0 Å². The topological polar surface area (TPSA) is 29.1 Å². The molecule has 0 unspecified atom stereocenters. The van der Waals surface area contributed by atoms with Gasteiger partial charge in [-0.3, -0.25) is 4.79 Å². The van der Waals surface area contributed by atoms with Crippen LogP contribution in [0.25, 0.3) is 0 Å². The summed E-state index contributed by atoms with van der Waals surface area (Å²) in [4.78, 5) is 12.2. The van der Waals surface area contributed by atoms with E-state index in [2.05, 4.69) is 12.2 Å². The molecule has 0 amide bonds. The number of carbonyl (C=O) groups excluding carboxylic acids is 1. The Morgan fingerprint density at radius 3 is 2.05 bits per heavy atom. The Kier molecular flexibility index (Phi) is 9.99. The van der Waals surface area contributed by atoms with Gasteiger partial charge in [0.05, 0.1) is 0 Å². The van der Waals surface area contributed by atoms with Crippen LogP contribution < -0.4 is 5.32 Å². The van der Waals surface area contributed by atoms with Crippen LogP contribution in [0, 0.1) is 0 Å². The highest BCUT2D eigenvalue weighted by atomic mass is 16.1. The number of unbranched alkanes of at least 4 members (excludes halogenated alkanes) is 7. The average Bonchev–Trinajstić information content (AvgIpc) is 2.51. The van der Waals surface area contributed by atoms with Crippen molar-refractivity contribution in [1.29, 1.82) is 0 Å². The largest absolute Gasteiger partial charge is 0.314 e. The lowest BCUT2D eigenvalue weighted by atomic mass is 9.78. The van der Waals surface area contributed by atoms with Crippen LogP contribution in [0.15, 0.2) is 0 Å². The third-order valence-electron chi connectivity index (χ3n) is 5.19. The molecule has 1 aliphatic rings. The highest BCUT2D eigenvalue weighted by Crippen LogP contribution is 2.31. The quantitative estimate of drug-likeness (QED) is 0.488. The van der Waals surface area contributed by atoms with E-state index in [1.807, 2.05) is 7.05 Å². The maximum absolute atomic E-state index is 12.2. The van der Waals surface area contributed by atoms with E-state index < -0.39 is 0 Å². The molecule has 2 heteroatoms. The first-order valence-corrected chi connectivity index (χ1v) is 9.43. The van der Waals surface area contributed by atoms with Gasteiger partial charge in [-0.1, -0.05) is 71.1 Å². The molecule has 1 N–H and O–H groups in total. The molecule has 0 aromatic carbocycles. The minimum Gasteiger partial charge on any atom is -0.314 e. The summed E-state index contributed by atoms with van der Waals surface area (Å²) in [6.07, 6.45) is 18.3. The Labute approximate surface area is 132 Å². The van der Waals surface area contributed by atoms with Crippen molar-refractivity contribution in [1.82, 2.24) is 5.32 Å². The molecular formula is C19H37NO. The second-order valence-corrected chi connectivity index (χ2v) is 7.03. The van der Waals surface area contributed by atoms with Gasteiger partial charge >= 0.3 is 0 Å². The smallest absolute Gasteiger partial charge is 0.134 e. The van der Waals surface area contributed by atoms with Crippen LogP contribution in [0.2, 0.25) is 0 Å². The number of rotatable bonds is 12. The molecule has 21 heavy (non-hydrogen) atoms. The summed E-state index contributed by atoms with van der Waals surface area (Å²) in [5.41, 5.74) is 0.134. The molecule has 1 rings (SSSR count). The summed E-state index contributed by atoms with van der Waals surface area (Å²) in [5, 5.41) is 3.46. The zero-order chi connectivity index (χ0) is 15.4. The first kappa shape index (κ1) is 18.7. The zero-order valence-electron chi connectivity index (χ0n) is 14.5. The molecular weight excluding hydrogens is 258 g/mol. The Hall–Kier alpha value is -0.370. The molecule has 0 saturated heterocycles. The molecule has 1 saturated carbocycles. The number of ketones is 1. The number of carbonyl (C=O) groups is 1. The molecule has 0 atom stereocenters. The van der Waals surface area contributed by atoms with Crippen molar-refractivity contribution in [3.05, 3.63) is 0 Å². The lowest BCUT2D eigenvalue weighted by molar-refractivity contribution is -0.121. The Balaban J connectivity index is 2.05. The van der Waals surface area contributed by atoms with Crippen molar-refractivity contribution in [2.45, 2.75) is 109 Å². The lowest BCUT2D eigenvalue weighted by Crippen LogP contribution is -2.46. The average molecular weight is 296 g/mol. The Morgan fingerprint density at radius 1 is 0.905 bits per heavy atom. The molecule has 0 heterocycles. The van der Waals surface area contributed by atoms with Crippen LogP contribution in [0.3, 0.4) is 0 Å². The fourth-order valence-electron chi connectivity index (χ4n) is 3.67. The van der Waals surface area contributed by atoms with Gasteiger partial charge in [-0.05, 0) is 26.3 Å². The maximum Gasteiger partial charge on any atom is 0.134 e. The fraction of sp³-hybridized carbons (Fsp3) is 0.947. The Morgan fingerprint density at radius 2 is 1.48 bits per heavy atom. The third kappa shape index (κ3) is 7.99. The molecule has 0 spiro atoms. The molecule has 2 nitrogen and oxygen atoms in total. The molecule has 0 radical (unpaired) electrons. The van der Waals surface area contributed by atoms with Gasteiger partial charge in [-0.25, -0.2) is 0 Å². The first-order valence-electron chi connectivity index (χ1n) is 9.43. The van der Waals surface area contributed by atoms with E-state index in [9.17, 15) is 4.79 Å². The van der Waals surface area contributed by atoms with Gasteiger partial charge in [-0.15, -0.1) is 0 Å². The second-order valence-electron chi connectivity index (χ2n) is 7.03. The van der Waals surface area contributed by atoms with Crippen molar-refractivity contribution in [3.8, 4) is 0 Å². The molecule has 0 bridgehead atoms. The number of nitrogens with one attached hydrogen (secondary N) is 1. The second kappa shape index (κ2) is 11.2. The zero-order valence-corrected chi connectivity index (χ0v) is 14.5. The van der Waals surface area contributed by atoms with E-state index >= 15 is 0 Å². The van der Waals surface area contributed by atoms with E-state index in [1.165, 1.54) is 77.0 Å². The lowest BCUT2D eigenvalue weighted by Gasteiger charge is -2.36.